The maximum absolute atomic E-state index is 11.5. The fourth-order valence-corrected chi connectivity index (χ4v) is 2.22. The standard InChI is InChI=1S/C12H15NO/c1-9(14)12-11-6-4-3-5-10(11)7-8-13(12)2/h3-6,12H,7-8H2,1-2H3. The SMILES string of the molecule is CC(=O)C1c2ccccc2CCN1C. The van der Waals surface area contributed by atoms with Crippen molar-refractivity contribution in [1.29, 1.82) is 0 Å². The molecule has 0 saturated heterocycles. The zero-order chi connectivity index (χ0) is 10.1. The molecule has 2 heteroatoms. The number of carbonyl (C=O) groups excluding carboxylic acids is 1. The van der Waals surface area contributed by atoms with Gasteiger partial charge in [-0.05, 0) is 31.5 Å². The largest absolute Gasteiger partial charge is 0.298 e. The predicted octanol–water partition coefficient (Wildman–Crippen LogP) is 1.80. The van der Waals surface area contributed by atoms with E-state index >= 15 is 0 Å². The first kappa shape index (κ1) is 9.41. The van der Waals surface area contributed by atoms with Crippen LogP contribution in [0.25, 0.3) is 0 Å². The average Bonchev–Trinajstić information content (AvgIpc) is 2.17. The minimum atomic E-state index is -0.0278. The third-order valence-electron chi connectivity index (χ3n) is 2.91. The molecule has 0 amide bonds. The zero-order valence-electron chi connectivity index (χ0n) is 8.66. The van der Waals surface area contributed by atoms with E-state index in [1.54, 1.807) is 6.92 Å². The highest BCUT2D eigenvalue weighted by Gasteiger charge is 2.27. The van der Waals surface area contributed by atoms with Crippen molar-refractivity contribution < 1.29 is 4.79 Å². The zero-order valence-corrected chi connectivity index (χ0v) is 8.66. The molecule has 0 aromatic heterocycles. The van der Waals surface area contributed by atoms with Gasteiger partial charge in [0, 0.05) is 6.54 Å². The second-order valence-corrected chi connectivity index (χ2v) is 3.94. The Morgan fingerprint density at radius 1 is 1.43 bits per heavy atom. The lowest BCUT2D eigenvalue weighted by atomic mass is 9.91. The number of benzene rings is 1. The quantitative estimate of drug-likeness (QED) is 0.671. The van der Waals surface area contributed by atoms with Crippen LogP contribution in [0.15, 0.2) is 24.3 Å². The van der Waals surface area contributed by atoms with Crippen LogP contribution in [0.3, 0.4) is 0 Å². The van der Waals surface area contributed by atoms with Crippen molar-refractivity contribution in [3.63, 3.8) is 0 Å². The van der Waals surface area contributed by atoms with E-state index in [0.717, 1.165) is 13.0 Å². The number of nitrogens with zero attached hydrogens (tertiary/aromatic N) is 1. The number of likely N-dealkylation sites (N-methyl/N-ethyl adjacent to an activating group) is 1. The van der Waals surface area contributed by atoms with Crippen LogP contribution < -0.4 is 0 Å². The predicted molar refractivity (Wildman–Crippen MR) is 56.2 cm³/mol. The van der Waals surface area contributed by atoms with Gasteiger partial charge in [0.2, 0.25) is 0 Å². The van der Waals surface area contributed by atoms with Crippen LogP contribution in [0.2, 0.25) is 0 Å². The number of carbonyl (C=O) groups is 1. The van der Waals surface area contributed by atoms with Crippen LogP contribution in [0.5, 0.6) is 0 Å². The van der Waals surface area contributed by atoms with Crippen LogP contribution in [-0.2, 0) is 11.2 Å². The summed E-state index contributed by atoms with van der Waals surface area (Å²) in [7, 11) is 2.02. The fourth-order valence-electron chi connectivity index (χ4n) is 2.22. The van der Waals surface area contributed by atoms with Gasteiger partial charge in [0.05, 0.1) is 6.04 Å². The van der Waals surface area contributed by atoms with Crippen molar-refractivity contribution in [2.24, 2.45) is 0 Å². The summed E-state index contributed by atoms with van der Waals surface area (Å²) < 4.78 is 0. The van der Waals surface area contributed by atoms with E-state index in [0.29, 0.717) is 0 Å². The molecule has 1 aliphatic rings. The van der Waals surface area contributed by atoms with Gasteiger partial charge < -0.3 is 0 Å². The monoisotopic (exact) mass is 189 g/mol. The van der Waals surface area contributed by atoms with E-state index < -0.39 is 0 Å². The van der Waals surface area contributed by atoms with Crippen molar-refractivity contribution in [1.82, 2.24) is 4.90 Å². The molecule has 1 aromatic rings. The molecule has 2 rings (SSSR count). The van der Waals surface area contributed by atoms with E-state index in [1.807, 2.05) is 19.2 Å². The second-order valence-electron chi connectivity index (χ2n) is 3.94. The van der Waals surface area contributed by atoms with Crippen LogP contribution >= 0.6 is 0 Å². The van der Waals surface area contributed by atoms with Crippen molar-refractivity contribution in [3.8, 4) is 0 Å². The molecule has 1 aromatic carbocycles. The van der Waals surface area contributed by atoms with E-state index in [2.05, 4.69) is 17.0 Å². The smallest absolute Gasteiger partial charge is 0.151 e. The maximum atomic E-state index is 11.5. The Bertz CT molecular complexity index is 359. The highest BCUT2D eigenvalue weighted by atomic mass is 16.1. The first-order chi connectivity index (χ1) is 6.70. The van der Waals surface area contributed by atoms with Crippen molar-refractivity contribution in [2.45, 2.75) is 19.4 Å². The molecule has 0 saturated carbocycles. The lowest BCUT2D eigenvalue weighted by molar-refractivity contribution is -0.122. The molecule has 0 N–H and O–H groups in total. The first-order valence-electron chi connectivity index (χ1n) is 4.98. The molecule has 0 fully saturated rings. The summed E-state index contributed by atoms with van der Waals surface area (Å²) in [5, 5.41) is 0. The van der Waals surface area contributed by atoms with Gasteiger partial charge in [-0.1, -0.05) is 24.3 Å². The van der Waals surface area contributed by atoms with Gasteiger partial charge in [-0.25, -0.2) is 0 Å². The van der Waals surface area contributed by atoms with E-state index in [9.17, 15) is 4.79 Å². The highest BCUT2D eigenvalue weighted by molar-refractivity contribution is 5.83. The fraction of sp³-hybridized carbons (Fsp3) is 0.417. The Kier molecular flexibility index (Phi) is 2.38. The lowest BCUT2D eigenvalue weighted by Gasteiger charge is -2.32. The summed E-state index contributed by atoms with van der Waals surface area (Å²) in [6, 6.07) is 8.21. The van der Waals surface area contributed by atoms with Crippen molar-refractivity contribution in [3.05, 3.63) is 35.4 Å². The van der Waals surface area contributed by atoms with E-state index in [1.165, 1.54) is 11.1 Å². The molecule has 0 bridgehead atoms. The van der Waals surface area contributed by atoms with Gasteiger partial charge in [-0.3, -0.25) is 9.69 Å². The molecule has 74 valence electrons. The molecule has 2 nitrogen and oxygen atoms in total. The van der Waals surface area contributed by atoms with Gasteiger partial charge >= 0.3 is 0 Å². The number of rotatable bonds is 1. The third-order valence-corrected chi connectivity index (χ3v) is 2.91. The summed E-state index contributed by atoms with van der Waals surface area (Å²) in [6.07, 6.45) is 1.05. The maximum Gasteiger partial charge on any atom is 0.151 e. The topological polar surface area (TPSA) is 20.3 Å². The van der Waals surface area contributed by atoms with Crippen LogP contribution in [-0.4, -0.2) is 24.3 Å². The summed E-state index contributed by atoms with van der Waals surface area (Å²) in [5.74, 6) is 0.236. The molecule has 0 radical (unpaired) electrons. The molecular weight excluding hydrogens is 174 g/mol. The minimum Gasteiger partial charge on any atom is -0.298 e. The van der Waals surface area contributed by atoms with Gasteiger partial charge in [0.15, 0.2) is 5.78 Å². The van der Waals surface area contributed by atoms with Gasteiger partial charge in [-0.15, -0.1) is 0 Å². The average molecular weight is 189 g/mol. The summed E-state index contributed by atoms with van der Waals surface area (Å²) >= 11 is 0. The van der Waals surface area contributed by atoms with Crippen molar-refractivity contribution >= 4 is 5.78 Å². The van der Waals surface area contributed by atoms with Crippen molar-refractivity contribution in [2.75, 3.05) is 13.6 Å². The number of ketones is 1. The number of hydrogen-bond donors (Lipinski definition) is 0. The number of hydrogen-bond acceptors (Lipinski definition) is 2. The van der Waals surface area contributed by atoms with Crippen LogP contribution in [0, 0.1) is 0 Å². The van der Waals surface area contributed by atoms with Crippen LogP contribution in [0.4, 0.5) is 0 Å². The Balaban J connectivity index is 2.46. The van der Waals surface area contributed by atoms with Crippen LogP contribution in [0.1, 0.15) is 24.1 Å². The van der Waals surface area contributed by atoms with Gasteiger partial charge in [0.25, 0.3) is 0 Å². The summed E-state index contributed by atoms with van der Waals surface area (Å²) in [6.45, 7) is 2.64. The third kappa shape index (κ3) is 1.46. The van der Waals surface area contributed by atoms with Gasteiger partial charge in [0.1, 0.15) is 0 Å². The normalized spacial score (nSPS) is 21.7. The molecule has 14 heavy (non-hydrogen) atoms. The Morgan fingerprint density at radius 3 is 2.86 bits per heavy atom. The van der Waals surface area contributed by atoms with E-state index in [4.69, 9.17) is 0 Å². The highest BCUT2D eigenvalue weighted by Crippen LogP contribution is 2.28. The Morgan fingerprint density at radius 2 is 2.14 bits per heavy atom. The Labute approximate surface area is 84.5 Å². The molecule has 0 spiro atoms. The number of Topliss-reactive ketones (excluding diaryl/α,β-unsaturated/α-hetero) is 1. The number of fused-ring (bicyclic) bond motifs is 1. The Hall–Kier alpha value is -1.15. The summed E-state index contributed by atoms with van der Waals surface area (Å²) in [5.41, 5.74) is 2.51. The molecule has 1 heterocycles. The summed E-state index contributed by atoms with van der Waals surface area (Å²) in [4.78, 5) is 13.7. The minimum absolute atomic E-state index is 0.0278. The van der Waals surface area contributed by atoms with E-state index in [-0.39, 0.29) is 11.8 Å². The molecular formula is C12H15NO. The van der Waals surface area contributed by atoms with Gasteiger partial charge in [-0.2, -0.15) is 0 Å². The molecule has 1 unspecified atom stereocenters. The second kappa shape index (κ2) is 3.54. The molecule has 0 aliphatic carbocycles. The first-order valence-corrected chi connectivity index (χ1v) is 4.98. The molecule has 1 atom stereocenters. The molecule has 1 aliphatic heterocycles. The lowest BCUT2D eigenvalue weighted by Crippen LogP contribution is -2.35.